The molecule has 3 aliphatic rings. The van der Waals surface area contributed by atoms with Gasteiger partial charge in [-0.1, -0.05) is 6.07 Å². The first kappa shape index (κ1) is 21.1. The van der Waals surface area contributed by atoms with Gasteiger partial charge in [-0.3, -0.25) is 9.69 Å². The number of likely N-dealkylation sites (tertiary alicyclic amines) is 1. The molecule has 30 heavy (non-hydrogen) atoms. The van der Waals surface area contributed by atoms with E-state index in [2.05, 4.69) is 15.5 Å². The van der Waals surface area contributed by atoms with Gasteiger partial charge in [0.2, 0.25) is 0 Å². The number of hydrogen-bond acceptors (Lipinski definition) is 5. The monoisotopic (exact) mass is 416 g/mol. The van der Waals surface area contributed by atoms with Crippen LogP contribution in [0.2, 0.25) is 0 Å². The molecule has 164 valence electrons. The molecule has 1 aromatic carbocycles. The number of morpholine rings is 1. The van der Waals surface area contributed by atoms with Gasteiger partial charge in [-0.05, 0) is 50.6 Å². The van der Waals surface area contributed by atoms with Crippen LogP contribution in [0.25, 0.3) is 0 Å². The molecular weight excluding hydrogens is 384 g/mol. The van der Waals surface area contributed by atoms with E-state index in [0.29, 0.717) is 56.1 Å². The summed E-state index contributed by atoms with van der Waals surface area (Å²) in [4.78, 5) is 29.5. The van der Waals surface area contributed by atoms with E-state index in [-0.39, 0.29) is 11.9 Å². The summed E-state index contributed by atoms with van der Waals surface area (Å²) in [7, 11) is 0. The Morgan fingerprint density at radius 1 is 1.07 bits per heavy atom. The molecule has 0 aliphatic carbocycles. The zero-order valence-corrected chi connectivity index (χ0v) is 17.5. The molecule has 0 saturated carbocycles. The number of urea groups is 1. The normalized spacial score (nSPS) is 23.3. The third-order valence-corrected chi connectivity index (χ3v) is 6.26. The predicted molar refractivity (Wildman–Crippen MR) is 114 cm³/mol. The molecule has 3 saturated heterocycles. The van der Waals surface area contributed by atoms with Crippen molar-refractivity contribution in [1.29, 1.82) is 0 Å². The predicted octanol–water partition coefficient (Wildman–Crippen LogP) is 1.78. The number of carbonyl (C=O) groups is 2. The maximum atomic E-state index is 12.7. The quantitative estimate of drug-likeness (QED) is 0.739. The molecule has 2 atom stereocenters. The second-order valence-electron chi connectivity index (χ2n) is 8.25. The lowest BCUT2D eigenvalue weighted by Crippen LogP contribution is -2.48. The van der Waals surface area contributed by atoms with Gasteiger partial charge in [0, 0.05) is 49.5 Å². The Labute approximate surface area is 177 Å². The van der Waals surface area contributed by atoms with Crippen LogP contribution in [-0.4, -0.2) is 86.9 Å². The molecule has 3 aliphatic heterocycles. The number of amides is 3. The molecule has 0 radical (unpaired) electrons. The van der Waals surface area contributed by atoms with Gasteiger partial charge in [0.25, 0.3) is 5.91 Å². The van der Waals surface area contributed by atoms with Gasteiger partial charge in [0.1, 0.15) is 0 Å². The Bertz CT molecular complexity index is 710. The Balaban J connectivity index is 1.32. The van der Waals surface area contributed by atoms with E-state index in [1.807, 2.05) is 0 Å². The van der Waals surface area contributed by atoms with Crippen molar-refractivity contribution in [3.63, 3.8) is 0 Å². The van der Waals surface area contributed by atoms with Crippen LogP contribution in [0.1, 0.15) is 29.6 Å². The summed E-state index contributed by atoms with van der Waals surface area (Å²) in [5.41, 5.74) is 1.20. The van der Waals surface area contributed by atoms with Gasteiger partial charge in [-0.2, -0.15) is 0 Å². The summed E-state index contributed by atoms with van der Waals surface area (Å²) in [6.45, 7) is 6.70. The van der Waals surface area contributed by atoms with Crippen LogP contribution in [-0.2, 0) is 9.47 Å². The number of carbonyl (C=O) groups excluding carboxylic acids is 2. The smallest absolute Gasteiger partial charge is 0.319 e. The fourth-order valence-corrected chi connectivity index (χ4v) is 4.57. The minimum atomic E-state index is -0.242. The molecule has 0 spiro atoms. The van der Waals surface area contributed by atoms with Crippen LogP contribution in [0, 0.1) is 5.92 Å². The number of hydrogen-bond donors (Lipinski definition) is 2. The lowest BCUT2D eigenvalue weighted by molar-refractivity contribution is 0.0303. The van der Waals surface area contributed by atoms with Gasteiger partial charge in [-0.25, -0.2) is 4.79 Å². The molecule has 1 aromatic rings. The summed E-state index contributed by atoms with van der Waals surface area (Å²) in [5, 5.41) is 5.92. The minimum absolute atomic E-state index is 0.0299. The maximum Gasteiger partial charge on any atom is 0.319 e. The summed E-state index contributed by atoms with van der Waals surface area (Å²) >= 11 is 0. The Kier molecular flexibility index (Phi) is 7.20. The maximum absolute atomic E-state index is 12.7. The lowest BCUT2D eigenvalue weighted by Gasteiger charge is -2.32. The molecule has 0 aromatic heterocycles. The molecule has 0 unspecified atom stereocenters. The zero-order chi connectivity index (χ0) is 20.8. The first-order valence-corrected chi connectivity index (χ1v) is 11.0. The van der Waals surface area contributed by atoms with Crippen molar-refractivity contribution < 1.29 is 19.1 Å². The van der Waals surface area contributed by atoms with Gasteiger partial charge < -0.3 is 25.0 Å². The second-order valence-corrected chi connectivity index (χ2v) is 8.25. The highest BCUT2D eigenvalue weighted by Gasteiger charge is 2.32. The first-order valence-electron chi connectivity index (χ1n) is 11.0. The SMILES string of the molecule is O=C(NC[C@@H]([C@@H]1CCOC1)N1CCCC1)Nc1cccc(C(=O)N2CCOCC2)c1. The molecule has 3 heterocycles. The molecule has 3 amide bonds. The highest BCUT2D eigenvalue weighted by Crippen LogP contribution is 2.24. The van der Waals surface area contributed by atoms with Crippen molar-refractivity contribution in [3.05, 3.63) is 29.8 Å². The van der Waals surface area contributed by atoms with Crippen molar-refractivity contribution in [2.75, 3.05) is 64.5 Å². The van der Waals surface area contributed by atoms with E-state index in [1.54, 1.807) is 29.2 Å². The zero-order valence-electron chi connectivity index (χ0n) is 17.5. The fraction of sp³-hybridized carbons (Fsp3) is 0.636. The Morgan fingerprint density at radius 3 is 2.60 bits per heavy atom. The highest BCUT2D eigenvalue weighted by atomic mass is 16.5. The lowest BCUT2D eigenvalue weighted by atomic mass is 9.97. The third kappa shape index (κ3) is 5.30. The molecule has 8 heteroatoms. The summed E-state index contributed by atoms with van der Waals surface area (Å²) in [5.74, 6) is 0.440. The second kappa shape index (κ2) is 10.2. The largest absolute Gasteiger partial charge is 0.381 e. The number of nitrogens with zero attached hydrogens (tertiary/aromatic N) is 2. The van der Waals surface area contributed by atoms with Crippen LogP contribution < -0.4 is 10.6 Å². The number of benzene rings is 1. The van der Waals surface area contributed by atoms with E-state index in [4.69, 9.17) is 9.47 Å². The molecule has 0 bridgehead atoms. The topological polar surface area (TPSA) is 83.1 Å². The third-order valence-electron chi connectivity index (χ3n) is 6.26. The first-order chi connectivity index (χ1) is 14.7. The van der Waals surface area contributed by atoms with Crippen molar-refractivity contribution in [3.8, 4) is 0 Å². The molecule has 3 fully saturated rings. The van der Waals surface area contributed by atoms with Crippen molar-refractivity contribution in [2.24, 2.45) is 5.92 Å². The summed E-state index contributed by atoms with van der Waals surface area (Å²) in [6, 6.07) is 7.19. The summed E-state index contributed by atoms with van der Waals surface area (Å²) < 4.78 is 10.9. The van der Waals surface area contributed by atoms with Crippen LogP contribution in [0.3, 0.4) is 0 Å². The number of ether oxygens (including phenoxy) is 2. The highest BCUT2D eigenvalue weighted by molar-refractivity contribution is 5.97. The number of rotatable bonds is 6. The van der Waals surface area contributed by atoms with Gasteiger partial charge in [0.05, 0.1) is 19.8 Å². The van der Waals surface area contributed by atoms with E-state index in [0.717, 1.165) is 32.7 Å². The molecular formula is C22H32N4O4. The van der Waals surface area contributed by atoms with Crippen LogP contribution in [0.15, 0.2) is 24.3 Å². The van der Waals surface area contributed by atoms with Gasteiger partial charge in [-0.15, -0.1) is 0 Å². The summed E-state index contributed by atoms with van der Waals surface area (Å²) in [6.07, 6.45) is 3.50. The van der Waals surface area contributed by atoms with E-state index >= 15 is 0 Å². The van der Waals surface area contributed by atoms with E-state index in [9.17, 15) is 9.59 Å². The van der Waals surface area contributed by atoms with Gasteiger partial charge >= 0.3 is 6.03 Å². The van der Waals surface area contributed by atoms with Crippen molar-refractivity contribution in [2.45, 2.75) is 25.3 Å². The minimum Gasteiger partial charge on any atom is -0.381 e. The Hall–Kier alpha value is -2.16. The standard InChI is InChI=1S/C22H32N4O4/c27-21(26-9-12-29-13-10-26)17-4-3-5-19(14-17)24-22(28)23-15-20(18-6-11-30-16-18)25-7-1-2-8-25/h3-5,14,18,20H,1-2,6-13,15-16H2,(H2,23,24,28)/t18-,20+/m1/s1. The average molecular weight is 417 g/mol. The van der Waals surface area contributed by atoms with Gasteiger partial charge in [0.15, 0.2) is 0 Å². The average Bonchev–Trinajstić information content (AvgIpc) is 3.49. The Morgan fingerprint density at radius 2 is 1.87 bits per heavy atom. The van der Waals surface area contributed by atoms with E-state index in [1.165, 1.54) is 12.8 Å². The van der Waals surface area contributed by atoms with Crippen LogP contribution in [0.4, 0.5) is 10.5 Å². The molecule has 2 N–H and O–H groups in total. The fourth-order valence-electron chi connectivity index (χ4n) is 4.57. The number of nitrogens with one attached hydrogen (secondary N) is 2. The van der Waals surface area contributed by atoms with Crippen molar-refractivity contribution >= 4 is 17.6 Å². The van der Waals surface area contributed by atoms with Crippen molar-refractivity contribution in [1.82, 2.24) is 15.1 Å². The molecule has 8 nitrogen and oxygen atoms in total. The van der Waals surface area contributed by atoms with Crippen LogP contribution in [0.5, 0.6) is 0 Å². The number of anilines is 1. The van der Waals surface area contributed by atoms with E-state index < -0.39 is 0 Å². The van der Waals surface area contributed by atoms with Crippen LogP contribution >= 0.6 is 0 Å². The molecule has 4 rings (SSSR count).